The van der Waals surface area contributed by atoms with Gasteiger partial charge in [-0.3, -0.25) is 14.9 Å². The number of carbonyl (C=O) groups is 1. The number of hydrogen-bond donors (Lipinski definition) is 2. The van der Waals surface area contributed by atoms with Crippen molar-refractivity contribution >= 4 is 38.9 Å². The molecular formula is C21H26ClN4O5S+. The molecule has 1 saturated heterocycles. The summed E-state index contributed by atoms with van der Waals surface area (Å²) in [5.74, 6) is -0.340. The molecule has 0 saturated carbocycles. The standard InChI is InChI=1S/C21H25ClN4O5S/c1-14-4-6-18(12-15(14)2)32(30,31)25-10-8-24(9-11-25)16(3)21(27)23-20-13-17(26(28)29)5-7-19(20)22/h4-7,12-13,16H,8-11H2,1-3H3,(H,23,27)/p+1/t16-/m0/s1. The molecular weight excluding hydrogens is 456 g/mol. The summed E-state index contributed by atoms with van der Waals surface area (Å²) in [6.07, 6.45) is 0. The number of quaternary nitrogens is 1. The summed E-state index contributed by atoms with van der Waals surface area (Å²) >= 11 is 6.07. The van der Waals surface area contributed by atoms with Crippen molar-refractivity contribution in [1.82, 2.24) is 4.31 Å². The van der Waals surface area contributed by atoms with Gasteiger partial charge >= 0.3 is 0 Å². The van der Waals surface area contributed by atoms with E-state index in [2.05, 4.69) is 5.32 Å². The molecule has 11 heteroatoms. The number of rotatable bonds is 6. The molecule has 9 nitrogen and oxygen atoms in total. The molecule has 0 aliphatic carbocycles. The summed E-state index contributed by atoms with van der Waals surface area (Å²) < 4.78 is 27.4. The van der Waals surface area contributed by atoms with Gasteiger partial charge in [-0.1, -0.05) is 17.7 Å². The van der Waals surface area contributed by atoms with Gasteiger partial charge in [0.25, 0.3) is 11.6 Å². The largest absolute Gasteiger partial charge is 0.323 e. The number of sulfonamides is 1. The summed E-state index contributed by atoms with van der Waals surface area (Å²) in [5, 5.41) is 13.8. The van der Waals surface area contributed by atoms with Gasteiger partial charge in [-0.2, -0.15) is 4.31 Å². The Morgan fingerprint density at radius 2 is 1.81 bits per heavy atom. The van der Waals surface area contributed by atoms with Crippen molar-refractivity contribution in [3.63, 3.8) is 0 Å². The minimum atomic E-state index is -3.60. The van der Waals surface area contributed by atoms with Crippen molar-refractivity contribution in [2.45, 2.75) is 31.7 Å². The number of aryl methyl sites for hydroxylation is 2. The third-order valence-corrected chi connectivity index (χ3v) is 8.13. The predicted octanol–water partition coefficient (Wildman–Crippen LogP) is 1.78. The van der Waals surface area contributed by atoms with E-state index in [1.807, 2.05) is 13.8 Å². The number of halogens is 1. The Bertz CT molecular complexity index is 1150. The second-order valence-corrected chi connectivity index (χ2v) is 10.3. The van der Waals surface area contributed by atoms with Gasteiger partial charge in [0, 0.05) is 12.1 Å². The van der Waals surface area contributed by atoms with E-state index in [1.165, 1.54) is 22.5 Å². The molecule has 1 amide bonds. The molecule has 1 atom stereocenters. The lowest BCUT2D eigenvalue weighted by Crippen LogP contribution is -3.19. The number of non-ortho nitro benzene ring substituents is 1. The first-order valence-electron chi connectivity index (χ1n) is 10.2. The Labute approximate surface area is 192 Å². The highest BCUT2D eigenvalue weighted by Gasteiger charge is 2.34. The molecule has 0 radical (unpaired) electrons. The maximum atomic E-state index is 13.0. The number of nitro groups is 1. The summed E-state index contributed by atoms with van der Waals surface area (Å²) in [4.78, 5) is 24.3. The van der Waals surface area contributed by atoms with E-state index in [1.54, 1.807) is 25.1 Å². The minimum Gasteiger partial charge on any atom is -0.323 e. The summed E-state index contributed by atoms with van der Waals surface area (Å²) in [5.41, 5.74) is 1.95. The molecule has 3 rings (SSSR count). The van der Waals surface area contributed by atoms with Crippen molar-refractivity contribution in [1.29, 1.82) is 0 Å². The molecule has 32 heavy (non-hydrogen) atoms. The second kappa shape index (κ2) is 9.53. The fourth-order valence-electron chi connectivity index (χ4n) is 3.62. The van der Waals surface area contributed by atoms with Crippen LogP contribution >= 0.6 is 11.6 Å². The van der Waals surface area contributed by atoms with Gasteiger partial charge in [0.05, 0.1) is 46.7 Å². The zero-order valence-corrected chi connectivity index (χ0v) is 19.7. The quantitative estimate of drug-likeness (QED) is 0.482. The Morgan fingerprint density at radius 3 is 2.41 bits per heavy atom. The van der Waals surface area contributed by atoms with Crippen molar-refractivity contribution in [2.24, 2.45) is 0 Å². The van der Waals surface area contributed by atoms with E-state index in [9.17, 15) is 23.3 Å². The van der Waals surface area contributed by atoms with E-state index in [0.29, 0.717) is 26.2 Å². The molecule has 0 bridgehead atoms. The molecule has 2 N–H and O–H groups in total. The SMILES string of the molecule is Cc1ccc(S(=O)(=O)N2CC[NH+]([C@@H](C)C(=O)Nc3cc([N+](=O)[O-])ccc3Cl)CC2)cc1C. The fourth-order valence-corrected chi connectivity index (χ4v) is 5.31. The van der Waals surface area contributed by atoms with Crippen LogP contribution in [-0.4, -0.2) is 55.8 Å². The molecule has 0 aromatic heterocycles. The summed E-state index contributed by atoms with van der Waals surface area (Å²) in [6.45, 7) is 7.05. The molecule has 0 spiro atoms. The van der Waals surface area contributed by atoms with Crippen LogP contribution in [-0.2, 0) is 14.8 Å². The van der Waals surface area contributed by atoms with E-state index in [4.69, 9.17) is 11.6 Å². The molecule has 2 aromatic rings. The molecule has 172 valence electrons. The van der Waals surface area contributed by atoms with Crippen molar-refractivity contribution < 1.29 is 23.0 Å². The number of carbonyl (C=O) groups excluding carboxylic acids is 1. The lowest BCUT2D eigenvalue weighted by atomic mass is 10.1. The van der Waals surface area contributed by atoms with Gasteiger partial charge in [-0.05, 0) is 50.1 Å². The number of nitrogens with one attached hydrogen (secondary N) is 2. The van der Waals surface area contributed by atoms with Crippen LogP contribution in [0.1, 0.15) is 18.1 Å². The number of anilines is 1. The van der Waals surface area contributed by atoms with E-state index < -0.39 is 21.0 Å². The van der Waals surface area contributed by atoms with Gasteiger partial charge in [0.15, 0.2) is 6.04 Å². The zero-order chi connectivity index (χ0) is 23.6. The molecule has 1 aliphatic heterocycles. The molecule has 2 aromatic carbocycles. The lowest BCUT2D eigenvalue weighted by Gasteiger charge is -2.34. The average molecular weight is 482 g/mol. The highest BCUT2D eigenvalue weighted by molar-refractivity contribution is 7.89. The normalized spacial score (nSPS) is 16.5. The monoisotopic (exact) mass is 481 g/mol. The van der Waals surface area contributed by atoms with E-state index >= 15 is 0 Å². The minimum absolute atomic E-state index is 0.171. The first kappa shape index (κ1) is 24.1. The predicted molar refractivity (Wildman–Crippen MR) is 122 cm³/mol. The number of benzene rings is 2. The molecule has 1 heterocycles. The van der Waals surface area contributed by atoms with Crippen LogP contribution in [0.5, 0.6) is 0 Å². The third kappa shape index (κ3) is 5.09. The van der Waals surface area contributed by atoms with Crippen LogP contribution in [0.25, 0.3) is 0 Å². The van der Waals surface area contributed by atoms with Crippen molar-refractivity contribution in [3.05, 3.63) is 62.7 Å². The molecule has 0 unspecified atom stereocenters. The van der Waals surface area contributed by atoms with Gasteiger partial charge < -0.3 is 10.2 Å². The van der Waals surface area contributed by atoms with E-state index in [0.717, 1.165) is 16.0 Å². The average Bonchev–Trinajstić information content (AvgIpc) is 2.76. The number of nitrogens with zero attached hydrogens (tertiary/aromatic N) is 2. The fraction of sp³-hybridized carbons (Fsp3) is 0.381. The van der Waals surface area contributed by atoms with Crippen LogP contribution in [0.15, 0.2) is 41.3 Å². The maximum absolute atomic E-state index is 13.0. The maximum Gasteiger partial charge on any atom is 0.282 e. The third-order valence-electron chi connectivity index (χ3n) is 5.91. The van der Waals surface area contributed by atoms with Crippen molar-refractivity contribution in [2.75, 3.05) is 31.5 Å². The summed E-state index contributed by atoms with van der Waals surface area (Å²) in [7, 11) is -3.60. The van der Waals surface area contributed by atoms with Gasteiger partial charge in [0.1, 0.15) is 0 Å². The van der Waals surface area contributed by atoms with Crippen LogP contribution in [0.3, 0.4) is 0 Å². The highest BCUT2D eigenvalue weighted by atomic mass is 35.5. The van der Waals surface area contributed by atoms with Crippen LogP contribution in [0, 0.1) is 24.0 Å². The number of hydrogen-bond acceptors (Lipinski definition) is 5. The Hall–Kier alpha value is -2.53. The number of nitro benzene ring substituents is 1. The van der Waals surface area contributed by atoms with Gasteiger partial charge in [-0.15, -0.1) is 0 Å². The summed E-state index contributed by atoms with van der Waals surface area (Å²) in [6, 6.07) is 8.46. The lowest BCUT2D eigenvalue weighted by molar-refractivity contribution is -0.917. The van der Waals surface area contributed by atoms with Crippen LogP contribution < -0.4 is 10.2 Å². The van der Waals surface area contributed by atoms with Crippen molar-refractivity contribution in [3.8, 4) is 0 Å². The Balaban J connectivity index is 1.64. The first-order valence-corrected chi connectivity index (χ1v) is 12.0. The second-order valence-electron chi connectivity index (χ2n) is 7.94. The van der Waals surface area contributed by atoms with Crippen LogP contribution in [0.2, 0.25) is 5.02 Å². The number of amides is 1. The van der Waals surface area contributed by atoms with Gasteiger partial charge in [0.2, 0.25) is 10.0 Å². The van der Waals surface area contributed by atoms with Crippen LogP contribution in [0.4, 0.5) is 11.4 Å². The Kier molecular flexibility index (Phi) is 7.19. The molecule has 1 fully saturated rings. The first-order chi connectivity index (χ1) is 15.0. The number of piperazine rings is 1. The van der Waals surface area contributed by atoms with E-state index in [-0.39, 0.29) is 27.2 Å². The smallest absolute Gasteiger partial charge is 0.282 e. The topological polar surface area (TPSA) is 114 Å². The Morgan fingerprint density at radius 1 is 1.16 bits per heavy atom. The van der Waals surface area contributed by atoms with Gasteiger partial charge in [-0.25, -0.2) is 8.42 Å². The molecule has 1 aliphatic rings. The zero-order valence-electron chi connectivity index (χ0n) is 18.1. The highest BCUT2D eigenvalue weighted by Crippen LogP contribution is 2.26.